The van der Waals surface area contributed by atoms with Gasteiger partial charge >= 0.3 is 5.97 Å². The van der Waals surface area contributed by atoms with Crippen molar-refractivity contribution >= 4 is 11.9 Å². The van der Waals surface area contributed by atoms with Crippen LogP contribution in [0.3, 0.4) is 0 Å². The lowest BCUT2D eigenvalue weighted by molar-refractivity contribution is -0.146. The molecular weight excluding hydrogens is 146 g/mol. The van der Waals surface area contributed by atoms with E-state index in [-0.39, 0.29) is 24.2 Å². The van der Waals surface area contributed by atoms with Gasteiger partial charge < -0.3 is 10.1 Å². The number of nitrogens with one attached hydrogen (secondary N) is 1. The summed E-state index contributed by atoms with van der Waals surface area (Å²) in [5.41, 5.74) is 0. The third-order valence-electron chi connectivity index (χ3n) is 1.37. The summed E-state index contributed by atoms with van der Waals surface area (Å²) in [7, 11) is 2.84. The van der Waals surface area contributed by atoms with Gasteiger partial charge in [0.05, 0.1) is 13.0 Å². The van der Waals surface area contributed by atoms with Gasteiger partial charge in [-0.25, -0.2) is 0 Å². The van der Waals surface area contributed by atoms with Crippen LogP contribution in [0, 0.1) is 5.92 Å². The zero-order valence-corrected chi connectivity index (χ0v) is 7.01. The van der Waals surface area contributed by atoms with Crippen molar-refractivity contribution in [2.24, 2.45) is 5.92 Å². The fourth-order valence-corrected chi connectivity index (χ4v) is 0.665. The van der Waals surface area contributed by atoms with Crippen LogP contribution in [0.4, 0.5) is 0 Å². The molecule has 0 radical (unpaired) electrons. The van der Waals surface area contributed by atoms with Gasteiger partial charge in [0.15, 0.2) is 0 Å². The lowest BCUT2D eigenvalue weighted by atomic mass is 10.1. The Bertz CT molecular complexity index is 156. The quantitative estimate of drug-likeness (QED) is 0.586. The second-order valence-corrected chi connectivity index (χ2v) is 2.30. The standard InChI is InChI=1S/C7H13NO3/c1-5(7(10)11-3)4-6(9)8-2/h5H,4H2,1-3H3,(H,8,9). The lowest BCUT2D eigenvalue weighted by Gasteiger charge is -2.06. The summed E-state index contributed by atoms with van der Waals surface area (Å²) in [6.45, 7) is 1.65. The molecule has 0 rings (SSSR count). The number of rotatable bonds is 3. The minimum atomic E-state index is -0.361. The van der Waals surface area contributed by atoms with Gasteiger partial charge in [0, 0.05) is 13.5 Å². The van der Waals surface area contributed by atoms with Crippen LogP contribution < -0.4 is 5.32 Å². The van der Waals surface area contributed by atoms with Crippen LogP contribution in [0.25, 0.3) is 0 Å². The van der Waals surface area contributed by atoms with Crippen molar-refractivity contribution in [3.8, 4) is 0 Å². The maximum absolute atomic E-state index is 10.8. The zero-order chi connectivity index (χ0) is 8.85. The highest BCUT2D eigenvalue weighted by Crippen LogP contribution is 2.02. The van der Waals surface area contributed by atoms with Crippen LogP contribution in [0.15, 0.2) is 0 Å². The van der Waals surface area contributed by atoms with Crippen molar-refractivity contribution in [1.82, 2.24) is 5.32 Å². The molecule has 1 unspecified atom stereocenters. The van der Waals surface area contributed by atoms with E-state index in [9.17, 15) is 9.59 Å². The van der Waals surface area contributed by atoms with Gasteiger partial charge in [-0.15, -0.1) is 0 Å². The molecule has 0 aromatic heterocycles. The SMILES string of the molecule is CNC(=O)CC(C)C(=O)OC. The van der Waals surface area contributed by atoms with Gasteiger partial charge in [-0.2, -0.15) is 0 Å². The Hall–Kier alpha value is -1.06. The summed E-state index contributed by atoms with van der Waals surface area (Å²) in [6.07, 6.45) is 0.184. The Morgan fingerprint density at radius 3 is 2.45 bits per heavy atom. The first-order chi connectivity index (χ1) is 5.11. The first-order valence-electron chi connectivity index (χ1n) is 3.40. The number of hydrogen-bond acceptors (Lipinski definition) is 3. The average molecular weight is 159 g/mol. The molecule has 0 aliphatic heterocycles. The predicted octanol–water partition coefficient (Wildman–Crippen LogP) is -0.0684. The van der Waals surface area contributed by atoms with Gasteiger partial charge in [0.2, 0.25) is 5.91 Å². The zero-order valence-electron chi connectivity index (χ0n) is 7.01. The van der Waals surface area contributed by atoms with E-state index in [4.69, 9.17) is 0 Å². The number of methoxy groups -OCH3 is 1. The molecule has 0 fully saturated rings. The number of hydrogen-bond donors (Lipinski definition) is 1. The molecule has 0 heterocycles. The molecule has 64 valence electrons. The first-order valence-corrected chi connectivity index (χ1v) is 3.40. The highest BCUT2D eigenvalue weighted by atomic mass is 16.5. The van der Waals surface area contributed by atoms with E-state index in [1.54, 1.807) is 6.92 Å². The molecule has 0 aromatic rings. The van der Waals surface area contributed by atoms with E-state index in [2.05, 4.69) is 10.1 Å². The van der Waals surface area contributed by atoms with E-state index in [1.165, 1.54) is 14.2 Å². The molecule has 0 saturated carbocycles. The molecule has 0 aromatic carbocycles. The van der Waals surface area contributed by atoms with Gasteiger partial charge in [0.25, 0.3) is 0 Å². The number of carbonyl (C=O) groups excluding carboxylic acids is 2. The van der Waals surface area contributed by atoms with Crippen LogP contribution in [0.1, 0.15) is 13.3 Å². The van der Waals surface area contributed by atoms with Crippen molar-refractivity contribution < 1.29 is 14.3 Å². The van der Waals surface area contributed by atoms with Crippen molar-refractivity contribution in [3.63, 3.8) is 0 Å². The maximum atomic E-state index is 10.8. The van der Waals surface area contributed by atoms with Gasteiger partial charge in [-0.3, -0.25) is 9.59 Å². The van der Waals surface area contributed by atoms with Crippen LogP contribution in [0.2, 0.25) is 0 Å². The van der Waals surface area contributed by atoms with Crippen molar-refractivity contribution in [2.75, 3.05) is 14.2 Å². The fourth-order valence-electron chi connectivity index (χ4n) is 0.665. The normalized spacial score (nSPS) is 11.9. The van der Waals surface area contributed by atoms with Crippen LogP contribution in [0.5, 0.6) is 0 Å². The Morgan fingerprint density at radius 2 is 2.09 bits per heavy atom. The predicted molar refractivity (Wildman–Crippen MR) is 39.9 cm³/mol. The maximum Gasteiger partial charge on any atom is 0.308 e. The Labute approximate surface area is 65.9 Å². The molecule has 1 N–H and O–H groups in total. The van der Waals surface area contributed by atoms with Crippen molar-refractivity contribution in [3.05, 3.63) is 0 Å². The van der Waals surface area contributed by atoms with E-state index < -0.39 is 0 Å². The summed E-state index contributed by atoms with van der Waals surface area (Å²) >= 11 is 0. The first kappa shape index (κ1) is 9.94. The summed E-state index contributed by atoms with van der Waals surface area (Å²) in [5, 5.41) is 2.43. The van der Waals surface area contributed by atoms with Gasteiger partial charge in [-0.05, 0) is 0 Å². The molecule has 4 heteroatoms. The lowest BCUT2D eigenvalue weighted by Crippen LogP contribution is -2.24. The molecule has 4 nitrogen and oxygen atoms in total. The minimum absolute atomic E-state index is 0.150. The largest absolute Gasteiger partial charge is 0.469 e. The smallest absolute Gasteiger partial charge is 0.308 e. The number of carbonyl (C=O) groups is 2. The summed E-state index contributed by atoms with van der Waals surface area (Å²) in [6, 6.07) is 0. The monoisotopic (exact) mass is 159 g/mol. The molecule has 0 bridgehead atoms. The molecule has 1 amide bonds. The molecular formula is C7H13NO3. The Kier molecular flexibility index (Phi) is 4.26. The summed E-state index contributed by atoms with van der Waals surface area (Å²) in [5.74, 6) is -0.864. The van der Waals surface area contributed by atoms with Crippen LogP contribution in [-0.4, -0.2) is 26.0 Å². The van der Waals surface area contributed by atoms with E-state index in [0.29, 0.717) is 0 Å². The van der Waals surface area contributed by atoms with Gasteiger partial charge in [0.1, 0.15) is 0 Å². The van der Waals surface area contributed by atoms with Crippen molar-refractivity contribution in [1.29, 1.82) is 0 Å². The van der Waals surface area contributed by atoms with E-state index in [0.717, 1.165) is 0 Å². The summed E-state index contributed by atoms with van der Waals surface area (Å²) in [4.78, 5) is 21.5. The molecule has 0 spiro atoms. The highest BCUT2D eigenvalue weighted by molar-refractivity contribution is 5.82. The molecule has 0 aliphatic carbocycles. The topological polar surface area (TPSA) is 55.4 Å². The van der Waals surface area contributed by atoms with Crippen LogP contribution in [-0.2, 0) is 14.3 Å². The number of amides is 1. The molecule has 0 saturated heterocycles. The van der Waals surface area contributed by atoms with Crippen molar-refractivity contribution in [2.45, 2.75) is 13.3 Å². The highest BCUT2D eigenvalue weighted by Gasteiger charge is 2.15. The average Bonchev–Trinajstić information content (AvgIpc) is 2.02. The second kappa shape index (κ2) is 4.71. The second-order valence-electron chi connectivity index (χ2n) is 2.30. The molecule has 0 aliphatic rings. The van der Waals surface area contributed by atoms with Gasteiger partial charge in [-0.1, -0.05) is 6.92 Å². The summed E-state index contributed by atoms with van der Waals surface area (Å²) < 4.78 is 4.44. The molecule has 11 heavy (non-hydrogen) atoms. The molecule has 1 atom stereocenters. The third-order valence-corrected chi connectivity index (χ3v) is 1.37. The number of esters is 1. The van der Waals surface area contributed by atoms with E-state index in [1.807, 2.05) is 0 Å². The number of ether oxygens (including phenoxy) is 1. The Balaban J connectivity index is 3.77. The minimum Gasteiger partial charge on any atom is -0.469 e. The fraction of sp³-hybridized carbons (Fsp3) is 0.714. The third kappa shape index (κ3) is 3.60. The Morgan fingerprint density at radius 1 is 1.55 bits per heavy atom. The van der Waals surface area contributed by atoms with Crippen LogP contribution >= 0.6 is 0 Å². The van der Waals surface area contributed by atoms with E-state index >= 15 is 0 Å².